The lowest BCUT2D eigenvalue weighted by molar-refractivity contribution is 0.0320. The number of hydrogen-bond acceptors (Lipinski definition) is 5. The minimum absolute atomic E-state index is 0.155. The van der Waals surface area contributed by atoms with Crippen molar-refractivity contribution in [2.24, 2.45) is 0 Å². The van der Waals surface area contributed by atoms with Crippen LogP contribution in [0.2, 0.25) is 0 Å². The Morgan fingerprint density at radius 1 is 0.871 bits per heavy atom. The van der Waals surface area contributed by atoms with Crippen molar-refractivity contribution in [3.05, 3.63) is 95.1 Å². The lowest BCUT2D eigenvalue weighted by atomic mass is 10.1. The highest BCUT2D eigenvalue weighted by atomic mass is 16.5. The summed E-state index contributed by atoms with van der Waals surface area (Å²) in [6.45, 7) is 3.45. The van der Waals surface area contributed by atoms with Crippen LogP contribution in [0.1, 0.15) is 43.6 Å². The van der Waals surface area contributed by atoms with Gasteiger partial charge in [-0.05, 0) is 44.2 Å². The maximum absolute atomic E-state index is 12.7. The molecule has 0 unspecified atom stereocenters. The van der Waals surface area contributed by atoms with Gasteiger partial charge in [0.15, 0.2) is 6.10 Å². The number of carbonyl (C=O) groups excluding carboxylic acids is 3. The summed E-state index contributed by atoms with van der Waals surface area (Å²) in [5.74, 6) is -0.854. The van der Waals surface area contributed by atoms with E-state index in [2.05, 4.69) is 5.32 Å². The highest BCUT2D eigenvalue weighted by molar-refractivity contribution is 6.08. The molecule has 0 saturated carbocycles. The van der Waals surface area contributed by atoms with E-state index < -0.39 is 18.0 Å². The standard InChI is InChI=1S/C25H23NO5/c1-16-11-13-18(14-12-16)23(27)17(2)31-25(29)21-9-4-5-10-22(21)26-24(28)19-7-6-8-20(15-19)30-3/h4-15,17H,1-3H3,(H,26,28)/t17-/m0/s1. The van der Waals surface area contributed by atoms with Crippen LogP contribution in [0.4, 0.5) is 5.69 Å². The van der Waals surface area contributed by atoms with E-state index in [1.54, 1.807) is 54.6 Å². The minimum atomic E-state index is -0.975. The Balaban J connectivity index is 1.74. The van der Waals surface area contributed by atoms with Crippen molar-refractivity contribution < 1.29 is 23.9 Å². The SMILES string of the molecule is COc1cccc(C(=O)Nc2ccccc2C(=O)O[C@@H](C)C(=O)c2ccc(C)cc2)c1. The zero-order valence-electron chi connectivity index (χ0n) is 17.5. The first-order valence-electron chi connectivity index (χ1n) is 9.75. The lowest BCUT2D eigenvalue weighted by Crippen LogP contribution is -2.25. The number of rotatable bonds is 7. The molecule has 1 amide bonds. The van der Waals surface area contributed by atoms with Crippen molar-refractivity contribution in [3.8, 4) is 5.75 Å². The number of Topliss-reactive ketones (excluding diaryl/α,β-unsaturated/α-hetero) is 1. The summed E-state index contributed by atoms with van der Waals surface area (Å²) in [5, 5.41) is 2.72. The quantitative estimate of drug-likeness (QED) is 0.446. The number of ketones is 1. The second-order valence-electron chi connectivity index (χ2n) is 7.01. The topological polar surface area (TPSA) is 81.7 Å². The Bertz CT molecular complexity index is 1100. The summed E-state index contributed by atoms with van der Waals surface area (Å²) in [4.78, 5) is 37.9. The molecule has 0 aliphatic rings. The lowest BCUT2D eigenvalue weighted by Gasteiger charge is -2.15. The van der Waals surface area contributed by atoms with Crippen molar-refractivity contribution in [1.29, 1.82) is 0 Å². The average Bonchev–Trinajstić information content (AvgIpc) is 2.79. The van der Waals surface area contributed by atoms with E-state index >= 15 is 0 Å². The number of aryl methyl sites for hydroxylation is 1. The number of hydrogen-bond donors (Lipinski definition) is 1. The molecule has 3 aromatic carbocycles. The van der Waals surface area contributed by atoms with E-state index in [0.29, 0.717) is 16.9 Å². The fourth-order valence-electron chi connectivity index (χ4n) is 2.96. The number of ether oxygens (including phenoxy) is 2. The van der Waals surface area contributed by atoms with E-state index in [0.717, 1.165) is 5.56 Å². The predicted molar refractivity (Wildman–Crippen MR) is 118 cm³/mol. The van der Waals surface area contributed by atoms with Crippen molar-refractivity contribution in [2.45, 2.75) is 20.0 Å². The molecule has 0 aromatic heterocycles. The van der Waals surface area contributed by atoms with Crippen molar-refractivity contribution in [3.63, 3.8) is 0 Å². The van der Waals surface area contributed by atoms with Crippen LogP contribution in [0.15, 0.2) is 72.8 Å². The summed E-state index contributed by atoms with van der Waals surface area (Å²) < 4.78 is 10.5. The Kier molecular flexibility index (Phi) is 6.82. The van der Waals surface area contributed by atoms with Gasteiger partial charge in [0.05, 0.1) is 18.4 Å². The molecular weight excluding hydrogens is 394 g/mol. The van der Waals surface area contributed by atoms with Crippen molar-refractivity contribution in [1.82, 2.24) is 0 Å². The Hall–Kier alpha value is -3.93. The Labute approximate surface area is 180 Å². The van der Waals surface area contributed by atoms with E-state index in [1.807, 2.05) is 19.1 Å². The first-order valence-corrected chi connectivity index (χ1v) is 9.75. The van der Waals surface area contributed by atoms with E-state index in [9.17, 15) is 14.4 Å². The van der Waals surface area contributed by atoms with E-state index in [1.165, 1.54) is 20.1 Å². The second-order valence-corrected chi connectivity index (χ2v) is 7.01. The molecule has 0 bridgehead atoms. The molecule has 0 aliphatic heterocycles. The van der Waals surface area contributed by atoms with Gasteiger partial charge in [-0.3, -0.25) is 9.59 Å². The molecule has 3 rings (SSSR count). The van der Waals surface area contributed by atoms with Crippen molar-refractivity contribution >= 4 is 23.3 Å². The Morgan fingerprint density at radius 3 is 2.29 bits per heavy atom. The number of carbonyl (C=O) groups is 3. The molecule has 3 aromatic rings. The number of methoxy groups -OCH3 is 1. The van der Waals surface area contributed by atoms with Crippen LogP contribution < -0.4 is 10.1 Å². The summed E-state index contributed by atoms with van der Waals surface area (Å²) in [6, 6.07) is 20.2. The smallest absolute Gasteiger partial charge is 0.340 e. The molecule has 0 heterocycles. The zero-order valence-corrected chi connectivity index (χ0v) is 17.5. The molecule has 0 radical (unpaired) electrons. The second kappa shape index (κ2) is 9.71. The molecule has 1 atom stereocenters. The van der Waals surface area contributed by atoms with Crippen LogP contribution in [0.5, 0.6) is 5.75 Å². The maximum atomic E-state index is 12.7. The van der Waals surface area contributed by atoms with Gasteiger partial charge in [-0.25, -0.2) is 4.79 Å². The number of nitrogens with one attached hydrogen (secondary N) is 1. The molecule has 158 valence electrons. The molecular formula is C25H23NO5. The third kappa shape index (κ3) is 5.36. The summed E-state index contributed by atoms with van der Waals surface area (Å²) in [5.41, 5.74) is 2.32. The van der Waals surface area contributed by atoms with Crippen LogP contribution in [0.3, 0.4) is 0 Å². The molecule has 6 nitrogen and oxygen atoms in total. The highest BCUT2D eigenvalue weighted by Gasteiger charge is 2.22. The molecule has 0 fully saturated rings. The van der Waals surface area contributed by atoms with Gasteiger partial charge in [-0.15, -0.1) is 0 Å². The van der Waals surface area contributed by atoms with Gasteiger partial charge in [0.25, 0.3) is 5.91 Å². The van der Waals surface area contributed by atoms with Crippen molar-refractivity contribution in [2.75, 3.05) is 12.4 Å². The third-order valence-electron chi connectivity index (χ3n) is 4.72. The van der Waals surface area contributed by atoms with Crippen LogP contribution in [-0.2, 0) is 4.74 Å². The van der Waals surface area contributed by atoms with E-state index in [4.69, 9.17) is 9.47 Å². The van der Waals surface area contributed by atoms with Gasteiger partial charge in [0.2, 0.25) is 5.78 Å². The molecule has 6 heteroatoms. The predicted octanol–water partition coefficient (Wildman–Crippen LogP) is 4.68. The Morgan fingerprint density at radius 2 is 1.58 bits per heavy atom. The molecule has 0 spiro atoms. The summed E-state index contributed by atoms with van der Waals surface area (Å²) >= 11 is 0. The van der Waals surface area contributed by atoms with Crippen LogP contribution >= 0.6 is 0 Å². The number of benzene rings is 3. The van der Waals surface area contributed by atoms with Crippen LogP contribution in [0.25, 0.3) is 0 Å². The number of para-hydroxylation sites is 1. The van der Waals surface area contributed by atoms with Gasteiger partial charge in [-0.1, -0.05) is 48.0 Å². The molecule has 1 N–H and O–H groups in total. The van der Waals surface area contributed by atoms with Crippen LogP contribution in [-0.4, -0.2) is 30.9 Å². The average molecular weight is 417 g/mol. The molecule has 0 saturated heterocycles. The zero-order chi connectivity index (χ0) is 22.4. The summed E-state index contributed by atoms with van der Waals surface area (Å²) in [6.07, 6.45) is -0.975. The number of esters is 1. The maximum Gasteiger partial charge on any atom is 0.340 e. The first kappa shape index (κ1) is 21.8. The van der Waals surface area contributed by atoms with Gasteiger partial charge in [0.1, 0.15) is 5.75 Å². The molecule has 0 aliphatic carbocycles. The normalized spacial score (nSPS) is 11.3. The highest BCUT2D eigenvalue weighted by Crippen LogP contribution is 2.20. The fraction of sp³-hybridized carbons (Fsp3) is 0.160. The van der Waals surface area contributed by atoms with Gasteiger partial charge < -0.3 is 14.8 Å². The van der Waals surface area contributed by atoms with Gasteiger partial charge in [-0.2, -0.15) is 0 Å². The minimum Gasteiger partial charge on any atom is -0.497 e. The molecule has 31 heavy (non-hydrogen) atoms. The van der Waals surface area contributed by atoms with E-state index in [-0.39, 0.29) is 17.0 Å². The fourth-order valence-corrected chi connectivity index (χ4v) is 2.96. The number of amides is 1. The number of anilines is 1. The monoisotopic (exact) mass is 417 g/mol. The van der Waals surface area contributed by atoms with Gasteiger partial charge >= 0.3 is 5.97 Å². The van der Waals surface area contributed by atoms with Gasteiger partial charge in [0, 0.05) is 11.1 Å². The summed E-state index contributed by atoms with van der Waals surface area (Å²) in [7, 11) is 1.52. The largest absolute Gasteiger partial charge is 0.497 e. The third-order valence-corrected chi connectivity index (χ3v) is 4.72. The first-order chi connectivity index (χ1) is 14.9. The van der Waals surface area contributed by atoms with Crippen LogP contribution in [0, 0.1) is 6.92 Å².